The monoisotopic (exact) mass is 260 g/mol. The molecule has 1 saturated heterocycles. The summed E-state index contributed by atoms with van der Waals surface area (Å²) in [4.78, 5) is 4.24. The average molecular weight is 260 g/mol. The predicted octanol–water partition coefficient (Wildman–Crippen LogP) is 2.27. The molecule has 0 radical (unpaired) electrons. The summed E-state index contributed by atoms with van der Waals surface area (Å²) in [6, 6.07) is 4.15. The molecule has 5 heteroatoms. The number of fused-ring (bicyclic) bond motifs is 1. The largest absolute Gasteiger partial charge is 0.381 e. The highest BCUT2D eigenvalue weighted by molar-refractivity contribution is 5.51. The maximum absolute atomic E-state index is 5.44. The van der Waals surface area contributed by atoms with Crippen molar-refractivity contribution in [2.24, 2.45) is 5.41 Å². The Balaban J connectivity index is 1.79. The van der Waals surface area contributed by atoms with E-state index in [0.717, 1.165) is 44.1 Å². The average Bonchev–Trinajstić information content (AvgIpc) is 2.85. The highest BCUT2D eigenvalue weighted by atomic mass is 16.5. The van der Waals surface area contributed by atoms with Gasteiger partial charge in [0.15, 0.2) is 5.65 Å². The lowest BCUT2D eigenvalue weighted by Crippen LogP contribution is -2.33. The molecule has 0 saturated carbocycles. The maximum atomic E-state index is 5.44. The number of rotatable bonds is 3. The van der Waals surface area contributed by atoms with Gasteiger partial charge in [-0.2, -0.15) is 9.61 Å². The molecule has 102 valence electrons. The van der Waals surface area contributed by atoms with Crippen molar-refractivity contribution in [1.82, 2.24) is 14.6 Å². The Labute approximate surface area is 113 Å². The van der Waals surface area contributed by atoms with E-state index in [-0.39, 0.29) is 0 Å². The zero-order valence-corrected chi connectivity index (χ0v) is 11.5. The van der Waals surface area contributed by atoms with Crippen LogP contribution >= 0.6 is 0 Å². The van der Waals surface area contributed by atoms with Crippen LogP contribution in [0, 0.1) is 12.3 Å². The van der Waals surface area contributed by atoms with Gasteiger partial charge in [0.1, 0.15) is 12.1 Å². The van der Waals surface area contributed by atoms with E-state index in [1.54, 1.807) is 6.33 Å². The molecule has 3 rings (SSSR count). The minimum atomic E-state index is 0.300. The summed E-state index contributed by atoms with van der Waals surface area (Å²) in [5.74, 6) is 1.01. The van der Waals surface area contributed by atoms with Gasteiger partial charge in [-0.05, 0) is 42.9 Å². The van der Waals surface area contributed by atoms with Crippen molar-refractivity contribution < 1.29 is 4.74 Å². The third-order valence-electron chi connectivity index (χ3n) is 3.92. The second kappa shape index (κ2) is 4.81. The SMILES string of the molecule is Cc1cc(NCC2(C)CCOCC2)n2ncnc2c1. The molecule has 3 heterocycles. The van der Waals surface area contributed by atoms with E-state index >= 15 is 0 Å². The van der Waals surface area contributed by atoms with Crippen LogP contribution in [0.5, 0.6) is 0 Å². The Morgan fingerprint density at radius 3 is 2.95 bits per heavy atom. The molecule has 0 unspecified atom stereocenters. The number of nitrogens with zero attached hydrogens (tertiary/aromatic N) is 3. The van der Waals surface area contributed by atoms with E-state index in [1.165, 1.54) is 5.56 Å². The Morgan fingerprint density at radius 2 is 2.16 bits per heavy atom. The minimum absolute atomic E-state index is 0.300. The van der Waals surface area contributed by atoms with Gasteiger partial charge in [0.25, 0.3) is 0 Å². The smallest absolute Gasteiger partial charge is 0.157 e. The molecular weight excluding hydrogens is 240 g/mol. The zero-order valence-electron chi connectivity index (χ0n) is 11.5. The first kappa shape index (κ1) is 12.4. The molecule has 1 aliphatic heterocycles. The van der Waals surface area contributed by atoms with Crippen LogP contribution in [0.2, 0.25) is 0 Å². The van der Waals surface area contributed by atoms with Gasteiger partial charge in [-0.1, -0.05) is 6.92 Å². The van der Waals surface area contributed by atoms with Crippen LogP contribution in [-0.4, -0.2) is 34.4 Å². The number of aromatic nitrogens is 3. The Hall–Kier alpha value is -1.62. The van der Waals surface area contributed by atoms with Gasteiger partial charge in [-0.25, -0.2) is 4.98 Å². The zero-order chi connectivity index (χ0) is 13.3. The van der Waals surface area contributed by atoms with E-state index in [1.807, 2.05) is 10.6 Å². The van der Waals surface area contributed by atoms with Crippen molar-refractivity contribution in [2.45, 2.75) is 26.7 Å². The third kappa shape index (κ3) is 2.56. The van der Waals surface area contributed by atoms with Crippen LogP contribution in [0.3, 0.4) is 0 Å². The molecule has 0 aromatic carbocycles. The molecule has 5 nitrogen and oxygen atoms in total. The van der Waals surface area contributed by atoms with E-state index in [9.17, 15) is 0 Å². The number of ether oxygens (including phenoxy) is 1. The quantitative estimate of drug-likeness (QED) is 0.919. The summed E-state index contributed by atoms with van der Waals surface area (Å²) in [6.45, 7) is 7.07. The lowest BCUT2D eigenvalue weighted by molar-refractivity contribution is 0.0299. The highest BCUT2D eigenvalue weighted by Gasteiger charge is 2.27. The maximum Gasteiger partial charge on any atom is 0.157 e. The fraction of sp³-hybridized carbons (Fsp3) is 0.571. The lowest BCUT2D eigenvalue weighted by atomic mass is 9.82. The van der Waals surface area contributed by atoms with Crippen molar-refractivity contribution in [3.63, 3.8) is 0 Å². The van der Waals surface area contributed by atoms with Gasteiger partial charge in [0.05, 0.1) is 0 Å². The standard InChI is InChI=1S/C14H20N4O/c1-11-7-12(18-13(8-11)16-10-17-18)15-9-14(2)3-5-19-6-4-14/h7-8,10,15H,3-6,9H2,1-2H3. The second-order valence-electron chi connectivity index (χ2n) is 5.72. The Bertz CT molecular complexity index is 572. The topological polar surface area (TPSA) is 51.5 Å². The molecule has 0 atom stereocenters. The van der Waals surface area contributed by atoms with Gasteiger partial charge >= 0.3 is 0 Å². The predicted molar refractivity (Wildman–Crippen MR) is 74.4 cm³/mol. The van der Waals surface area contributed by atoms with Crippen LogP contribution in [0.25, 0.3) is 5.65 Å². The highest BCUT2D eigenvalue weighted by Crippen LogP contribution is 2.30. The Morgan fingerprint density at radius 1 is 1.37 bits per heavy atom. The molecule has 19 heavy (non-hydrogen) atoms. The van der Waals surface area contributed by atoms with Crippen molar-refractivity contribution in [3.05, 3.63) is 24.0 Å². The molecule has 1 N–H and O–H groups in total. The van der Waals surface area contributed by atoms with Crippen molar-refractivity contribution in [1.29, 1.82) is 0 Å². The van der Waals surface area contributed by atoms with Gasteiger partial charge in [0, 0.05) is 19.8 Å². The van der Waals surface area contributed by atoms with Gasteiger partial charge in [-0.15, -0.1) is 0 Å². The Kier molecular flexibility index (Phi) is 3.14. The summed E-state index contributed by atoms with van der Waals surface area (Å²) in [5.41, 5.74) is 2.38. The number of anilines is 1. The molecule has 2 aromatic rings. The molecule has 0 bridgehead atoms. The number of aryl methyl sites for hydroxylation is 1. The van der Waals surface area contributed by atoms with Gasteiger partial charge in [-0.3, -0.25) is 0 Å². The number of pyridine rings is 1. The van der Waals surface area contributed by atoms with Gasteiger partial charge in [0.2, 0.25) is 0 Å². The second-order valence-corrected chi connectivity index (χ2v) is 5.72. The first-order chi connectivity index (χ1) is 9.16. The molecule has 2 aromatic heterocycles. The van der Waals surface area contributed by atoms with Crippen LogP contribution in [0.4, 0.5) is 5.82 Å². The molecular formula is C14H20N4O. The fourth-order valence-electron chi connectivity index (χ4n) is 2.53. The number of hydrogen-bond acceptors (Lipinski definition) is 4. The van der Waals surface area contributed by atoms with Gasteiger partial charge < -0.3 is 10.1 Å². The van der Waals surface area contributed by atoms with Crippen LogP contribution in [0.15, 0.2) is 18.5 Å². The van der Waals surface area contributed by atoms with Crippen molar-refractivity contribution in [3.8, 4) is 0 Å². The molecule has 0 aliphatic carbocycles. The van der Waals surface area contributed by atoms with Crippen LogP contribution in [-0.2, 0) is 4.74 Å². The van der Waals surface area contributed by atoms with E-state index < -0.39 is 0 Å². The van der Waals surface area contributed by atoms with E-state index in [0.29, 0.717) is 5.41 Å². The summed E-state index contributed by atoms with van der Waals surface area (Å²) >= 11 is 0. The molecule has 1 aliphatic rings. The van der Waals surface area contributed by atoms with E-state index in [2.05, 4.69) is 35.3 Å². The van der Waals surface area contributed by atoms with E-state index in [4.69, 9.17) is 4.74 Å². The summed E-state index contributed by atoms with van der Waals surface area (Å²) < 4.78 is 7.30. The molecule has 1 fully saturated rings. The normalized spacial score (nSPS) is 18.6. The summed E-state index contributed by atoms with van der Waals surface area (Å²) in [5, 5.41) is 7.79. The van der Waals surface area contributed by atoms with Crippen molar-refractivity contribution >= 4 is 11.5 Å². The number of nitrogens with one attached hydrogen (secondary N) is 1. The lowest BCUT2D eigenvalue weighted by Gasteiger charge is -2.33. The number of hydrogen-bond donors (Lipinski definition) is 1. The molecule has 0 spiro atoms. The summed E-state index contributed by atoms with van der Waals surface area (Å²) in [6.07, 6.45) is 3.80. The van der Waals surface area contributed by atoms with Crippen LogP contribution in [0.1, 0.15) is 25.3 Å². The van der Waals surface area contributed by atoms with Crippen LogP contribution < -0.4 is 5.32 Å². The summed E-state index contributed by atoms with van der Waals surface area (Å²) in [7, 11) is 0. The minimum Gasteiger partial charge on any atom is -0.381 e. The van der Waals surface area contributed by atoms with Crippen molar-refractivity contribution in [2.75, 3.05) is 25.1 Å². The molecule has 0 amide bonds. The first-order valence-electron chi connectivity index (χ1n) is 6.78. The fourth-order valence-corrected chi connectivity index (χ4v) is 2.53. The first-order valence-corrected chi connectivity index (χ1v) is 6.78. The third-order valence-corrected chi connectivity index (χ3v) is 3.92.